The van der Waals surface area contributed by atoms with Crippen LogP contribution in [-0.2, 0) is 18.3 Å². The molecular formula is C20H20FN3O. The molecule has 0 bridgehead atoms. The minimum Gasteiger partial charge on any atom is -0.342 e. The number of amides is 1. The van der Waals surface area contributed by atoms with E-state index in [1.165, 1.54) is 12.1 Å². The van der Waals surface area contributed by atoms with Gasteiger partial charge in [-0.2, -0.15) is 0 Å². The van der Waals surface area contributed by atoms with Gasteiger partial charge in [-0.1, -0.05) is 42.0 Å². The molecule has 0 fully saturated rings. The Bertz CT molecular complexity index is 871. The van der Waals surface area contributed by atoms with Crippen LogP contribution in [0.25, 0.3) is 0 Å². The molecule has 1 unspecified atom stereocenters. The molecule has 1 atom stereocenters. The summed E-state index contributed by atoms with van der Waals surface area (Å²) < 4.78 is 14.9. The second-order valence-electron chi connectivity index (χ2n) is 6.11. The van der Waals surface area contributed by atoms with Crippen LogP contribution in [0.15, 0.2) is 60.9 Å². The number of carbonyl (C=O) groups excluding carboxylic acids is 1. The Balaban J connectivity index is 1.83. The molecule has 128 valence electrons. The van der Waals surface area contributed by atoms with Gasteiger partial charge in [0, 0.05) is 19.4 Å². The predicted molar refractivity (Wildman–Crippen MR) is 94.5 cm³/mol. The molecule has 0 aliphatic rings. The van der Waals surface area contributed by atoms with Crippen molar-refractivity contribution in [2.45, 2.75) is 19.4 Å². The van der Waals surface area contributed by atoms with E-state index in [9.17, 15) is 9.18 Å². The van der Waals surface area contributed by atoms with E-state index in [0.29, 0.717) is 0 Å². The molecule has 0 saturated heterocycles. The molecule has 0 aliphatic carbocycles. The molecule has 1 aromatic heterocycles. The largest absolute Gasteiger partial charge is 0.342 e. The third-order valence-electron chi connectivity index (χ3n) is 4.08. The molecule has 3 aromatic rings. The summed E-state index contributed by atoms with van der Waals surface area (Å²) >= 11 is 0. The molecule has 0 radical (unpaired) electrons. The lowest BCUT2D eigenvalue weighted by Crippen LogP contribution is -2.32. The molecule has 25 heavy (non-hydrogen) atoms. The monoisotopic (exact) mass is 337 g/mol. The number of halogens is 1. The van der Waals surface area contributed by atoms with Crippen molar-refractivity contribution in [1.29, 1.82) is 0 Å². The van der Waals surface area contributed by atoms with Crippen molar-refractivity contribution in [2.24, 2.45) is 7.05 Å². The van der Waals surface area contributed by atoms with Gasteiger partial charge in [0.05, 0.1) is 6.42 Å². The highest BCUT2D eigenvalue weighted by Gasteiger charge is 2.20. The van der Waals surface area contributed by atoms with E-state index < -0.39 is 0 Å². The smallest absolute Gasteiger partial charge is 0.225 e. The Morgan fingerprint density at radius 2 is 2.00 bits per heavy atom. The number of hydrogen-bond acceptors (Lipinski definition) is 2. The molecule has 4 nitrogen and oxygen atoms in total. The van der Waals surface area contributed by atoms with Gasteiger partial charge in [-0.3, -0.25) is 4.79 Å². The number of hydrogen-bond donors (Lipinski definition) is 1. The predicted octanol–water partition coefficient (Wildman–Crippen LogP) is 3.32. The Morgan fingerprint density at radius 1 is 1.24 bits per heavy atom. The molecule has 1 heterocycles. The molecule has 1 N–H and O–H groups in total. The fourth-order valence-electron chi connectivity index (χ4n) is 2.80. The average molecular weight is 337 g/mol. The van der Waals surface area contributed by atoms with Gasteiger partial charge in [0.2, 0.25) is 5.91 Å². The summed E-state index contributed by atoms with van der Waals surface area (Å²) in [6, 6.07) is 13.6. The summed E-state index contributed by atoms with van der Waals surface area (Å²) in [4.78, 5) is 16.9. The van der Waals surface area contributed by atoms with Crippen molar-refractivity contribution >= 4 is 5.91 Å². The quantitative estimate of drug-likeness (QED) is 0.776. The van der Waals surface area contributed by atoms with Crippen LogP contribution in [-0.4, -0.2) is 15.5 Å². The minimum absolute atomic E-state index is 0.138. The number of nitrogens with zero attached hydrogens (tertiary/aromatic N) is 2. The Morgan fingerprint density at radius 3 is 2.64 bits per heavy atom. The van der Waals surface area contributed by atoms with Crippen molar-refractivity contribution in [3.63, 3.8) is 0 Å². The Kier molecular flexibility index (Phi) is 4.93. The topological polar surface area (TPSA) is 46.9 Å². The summed E-state index contributed by atoms with van der Waals surface area (Å²) in [5, 5.41) is 3.05. The lowest BCUT2D eigenvalue weighted by molar-refractivity contribution is -0.121. The molecule has 3 rings (SSSR count). The first kappa shape index (κ1) is 16.9. The normalized spacial score (nSPS) is 12.0. The number of imidazole rings is 1. The fourth-order valence-corrected chi connectivity index (χ4v) is 2.80. The highest BCUT2D eigenvalue weighted by molar-refractivity contribution is 5.79. The molecule has 5 heteroatoms. The van der Waals surface area contributed by atoms with Crippen LogP contribution in [0.3, 0.4) is 0 Å². The van der Waals surface area contributed by atoms with Crippen LogP contribution in [0, 0.1) is 12.7 Å². The lowest BCUT2D eigenvalue weighted by atomic mass is 10.0. The van der Waals surface area contributed by atoms with Gasteiger partial charge in [-0.15, -0.1) is 0 Å². The van der Waals surface area contributed by atoms with E-state index in [1.54, 1.807) is 18.3 Å². The van der Waals surface area contributed by atoms with E-state index >= 15 is 0 Å². The van der Waals surface area contributed by atoms with Gasteiger partial charge in [0.15, 0.2) is 0 Å². The lowest BCUT2D eigenvalue weighted by Gasteiger charge is -2.19. The van der Waals surface area contributed by atoms with Crippen LogP contribution < -0.4 is 5.32 Å². The van der Waals surface area contributed by atoms with Gasteiger partial charge in [-0.25, -0.2) is 9.37 Å². The molecule has 0 spiro atoms. The van der Waals surface area contributed by atoms with Crippen molar-refractivity contribution in [3.8, 4) is 0 Å². The zero-order valence-electron chi connectivity index (χ0n) is 14.2. The van der Waals surface area contributed by atoms with E-state index in [-0.39, 0.29) is 24.2 Å². The van der Waals surface area contributed by atoms with Crippen molar-refractivity contribution < 1.29 is 9.18 Å². The van der Waals surface area contributed by atoms with Gasteiger partial charge >= 0.3 is 0 Å². The average Bonchev–Trinajstić information content (AvgIpc) is 3.00. The number of benzene rings is 2. The van der Waals surface area contributed by atoms with Gasteiger partial charge in [0.1, 0.15) is 17.7 Å². The number of aromatic nitrogens is 2. The van der Waals surface area contributed by atoms with Crippen LogP contribution in [0.4, 0.5) is 4.39 Å². The maximum absolute atomic E-state index is 13.0. The zero-order valence-corrected chi connectivity index (χ0v) is 14.2. The second-order valence-corrected chi connectivity index (χ2v) is 6.11. The highest BCUT2D eigenvalue weighted by atomic mass is 19.1. The molecule has 1 amide bonds. The summed E-state index contributed by atoms with van der Waals surface area (Å²) in [7, 11) is 1.90. The van der Waals surface area contributed by atoms with Crippen molar-refractivity contribution in [3.05, 3.63) is 89.3 Å². The van der Waals surface area contributed by atoms with Crippen LogP contribution in [0.5, 0.6) is 0 Å². The standard InChI is InChI=1S/C20H20FN3O/c1-14-4-3-5-16(12-14)19(20-22-10-11-24(20)2)23-18(25)13-15-6-8-17(21)9-7-15/h3-12,19H,13H2,1-2H3,(H,23,25). The number of nitrogens with one attached hydrogen (secondary N) is 1. The Labute approximate surface area is 146 Å². The summed E-state index contributed by atoms with van der Waals surface area (Å²) in [6.45, 7) is 2.01. The summed E-state index contributed by atoms with van der Waals surface area (Å²) in [5.41, 5.74) is 2.85. The van der Waals surface area contributed by atoms with Crippen LogP contribution in [0.2, 0.25) is 0 Å². The number of aryl methyl sites for hydroxylation is 2. The summed E-state index contributed by atoms with van der Waals surface area (Å²) in [5.74, 6) is 0.314. The van der Waals surface area contributed by atoms with Crippen molar-refractivity contribution in [2.75, 3.05) is 0 Å². The highest BCUT2D eigenvalue weighted by Crippen LogP contribution is 2.21. The maximum atomic E-state index is 13.0. The molecule has 2 aromatic carbocycles. The third kappa shape index (κ3) is 4.12. The van der Waals surface area contributed by atoms with Crippen molar-refractivity contribution in [1.82, 2.24) is 14.9 Å². The molecular weight excluding hydrogens is 317 g/mol. The second kappa shape index (κ2) is 7.30. The number of carbonyl (C=O) groups is 1. The first-order chi connectivity index (χ1) is 12.0. The fraction of sp³-hybridized carbons (Fsp3) is 0.200. The zero-order chi connectivity index (χ0) is 17.8. The maximum Gasteiger partial charge on any atom is 0.225 e. The van der Waals surface area contributed by atoms with E-state index in [0.717, 1.165) is 22.5 Å². The van der Waals surface area contributed by atoms with Crippen LogP contribution in [0.1, 0.15) is 28.6 Å². The van der Waals surface area contributed by atoms with E-state index in [4.69, 9.17) is 0 Å². The summed E-state index contributed by atoms with van der Waals surface area (Å²) in [6.07, 6.45) is 3.75. The van der Waals surface area contributed by atoms with E-state index in [1.807, 2.05) is 49.0 Å². The molecule has 0 aliphatic heterocycles. The van der Waals surface area contributed by atoms with Gasteiger partial charge in [0.25, 0.3) is 0 Å². The van der Waals surface area contributed by atoms with Gasteiger partial charge in [-0.05, 0) is 30.2 Å². The first-order valence-corrected chi connectivity index (χ1v) is 8.10. The van der Waals surface area contributed by atoms with Gasteiger partial charge < -0.3 is 9.88 Å². The SMILES string of the molecule is Cc1cccc(C(NC(=O)Cc2ccc(F)cc2)c2nccn2C)c1. The Hall–Kier alpha value is -2.95. The molecule has 0 saturated carbocycles. The minimum atomic E-state index is -0.340. The number of rotatable bonds is 5. The third-order valence-corrected chi connectivity index (χ3v) is 4.08. The van der Waals surface area contributed by atoms with E-state index in [2.05, 4.69) is 10.3 Å². The first-order valence-electron chi connectivity index (χ1n) is 8.10. The van der Waals surface area contributed by atoms with Crippen LogP contribution >= 0.6 is 0 Å².